The minimum absolute atomic E-state index is 0. The second-order valence-electron chi connectivity index (χ2n) is 0.816. The van der Waals surface area contributed by atoms with Gasteiger partial charge in [0, 0.05) is 0 Å². The molecule has 0 aromatic carbocycles. The average Bonchev–Trinajstić information content (AvgIpc) is 1.12. The van der Waals surface area contributed by atoms with Gasteiger partial charge in [-0.1, -0.05) is 0 Å². The molecule has 0 aromatic heterocycles. The molecule has 0 bridgehead atoms. The van der Waals surface area contributed by atoms with Crippen molar-refractivity contribution in [3.05, 3.63) is 0 Å². The van der Waals surface area contributed by atoms with Crippen LogP contribution >= 0.6 is 0 Å². The van der Waals surface area contributed by atoms with Crippen LogP contribution in [-0.2, 0) is 61.9 Å². The summed E-state index contributed by atoms with van der Waals surface area (Å²) in [6.45, 7) is 0. The van der Waals surface area contributed by atoms with Crippen LogP contribution in [0.2, 0.25) is 0 Å². The van der Waals surface area contributed by atoms with E-state index in [2.05, 4.69) is 0 Å². The molecule has 69 valence electrons. The van der Waals surface area contributed by atoms with Crippen LogP contribution < -0.4 is 16.6 Å². The van der Waals surface area contributed by atoms with Crippen LogP contribution in [-0.4, -0.2) is 0 Å². The van der Waals surface area contributed by atoms with Crippen LogP contribution in [0.5, 0.6) is 0 Å². The third-order valence-corrected chi connectivity index (χ3v) is 0. The topological polar surface area (TPSA) is 161 Å². The summed E-state index contributed by atoms with van der Waals surface area (Å²) in [5, 5.41) is 0. The minimum atomic E-state index is -5.75. The van der Waals surface area contributed by atoms with Crippen molar-refractivity contribution in [2.45, 2.75) is 0 Å². The van der Waals surface area contributed by atoms with Gasteiger partial charge in [-0.3, -0.25) is 0 Å². The van der Waals surface area contributed by atoms with Gasteiger partial charge in [-0.2, -0.15) is 0 Å². The summed E-state index contributed by atoms with van der Waals surface area (Å²) in [7, 11) is 0. The Bertz CT molecular complexity index is 208. The molecule has 0 aromatic rings. The first-order valence-corrected chi connectivity index (χ1v) is 5.50. The average molecular weight is 335 g/mol. The van der Waals surface area contributed by atoms with Crippen molar-refractivity contribution in [1.82, 2.24) is 0 Å². The van der Waals surface area contributed by atoms with Gasteiger partial charge in [0.1, 0.15) is 0 Å². The maximum Gasteiger partial charge on any atom is 4.00 e. The summed E-state index contributed by atoms with van der Waals surface area (Å²) in [5.41, 5.74) is 0. The van der Waals surface area contributed by atoms with Gasteiger partial charge in [-0.15, -0.1) is 0 Å². The first kappa shape index (κ1) is 17.7. The molecule has 0 aliphatic carbocycles. The number of hydrogen-bond acceptors (Lipinski definition) is 8. The molecule has 0 amide bonds. The van der Waals surface area contributed by atoms with Crippen molar-refractivity contribution in [1.29, 1.82) is 0 Å². The van der Waals surface area contributed by atoms with Gasteiger partial charge in [0.25, 0.3) is 0 Å². The van der Waals surface area contributed by atoms with E-state index in [9.17, 15) is 0 Å². The first-order valence-electron chi connectivity index (χ1n) is 1.33. The predicted octanol–water partition coefficient (Wildman–Crippen LogP) is -5.24. The minimum Gasteiger partial charge on any atom is 4.00 e. The molecule has 0 unspecified atom stereocenters. The van der Waals surface area contributed by atoms with Gasteiger partial charge >= 0.3 is 78.6 Å². The monoisotopic (exact) mass is 335 g/mol. The van der Waals surface area contributed by atoms with Crippen molar-refractivity contribution in [2.24, 2.45) is 0 Å². The molecule has 8 nitrogen and oxygen atoms in total. The molecule has 0 spiro atoms. The molecular formula is Cr2O8Rh. The van der Waals surface area contributed by atoms with E-state index in [0.29, 0.717) is 0 Å². The van der Waals surface area contributed by atoms with Gasteiger partial charge in [0.2, 0.25) is 0 Å². The molecule has 1 radical (unpaired) electrons. The van der Waals surface area contributed by atoms with Crippen LogP contribution in [0, 0.1) is 0 Å². The molecule has 0 aliphatic heterocycles. The molecule has 0 aliphatic rings. The largest absolute Gasteiger partial charge is 4.00 e. The van der Waals surface area contributed by atoms with Crippen molar-refractivity contribution < 1.29 is 78.6 Å². The quantitative estimate of drug-likeness (QED) is 0.397. The van der Waals surface area contributed by atoms with Crippen molar-refractivity contribution in [3.8, 4) is 0 Å². The van der Waals surface area contributed by atoms with Crippen molar-refractivity contribution >= 4 is 0 Å². The Morgan fingerprint density at radius 3 is 0.636 bits per heavy atom. The molecule has 0 saturated heterocycles. The fourth-order valence-corrected chi connectivity index (χ4v) is 0. The Kier molecular flexibility index (Phi) is 10.1. The molecule has 0 fully saturated rings. The summed E-state index contributed by atoms with van der Waals surface area (Å²) >= 11 is -11.5. The molecule has 0 N–H and O–H groups in total. The van der Waals surface area contributed by atoms with E-state index in [1.165, 1.54) is 0 Å². The molecule has 11 heteroatoms. The van der Waals surface area contributed by atoms with E-state index in [4.69, 9.17) is 31.8 Å². The van der Waals surface area contributed by atoms with Crippen molar-refractivity contribution in [3.63, 3.8) is 0 Å². The van der Waals surface area contributed by atoms with E-state index >= 15 is 0 Å². The van der Waals surface area contributed by atoms with Gasteiger partial charge in [0.15, 0.2) is 0 Å². The molecule has 11 heavy (non-hydrogen) atoms. The Hall–Kier alpha value is 0.728. The zero-order valence-electron chi connectivity index (χ0n) is 4.42. The van der Waals surface area contributed by atoms with E-state index in [1.807, 2.05) is 0 Å². The molecule has 0 rings (SSSR count). The Morgan fingerprint density at radius 1 is 0.636 bits per heavy atom. The van der Waals surface area contributed by atoms with Gasteiger partial charge in [-0.05, 0) is 0 Å². The van der Waals surface area contributed by atoms with Crippen LogP contribution in [0.4, 0.5) is 0 Å². The van der Waals surface area contributed by atoms with Crippen LogP contribution in [0.15, 0.2) is 0 Å². The second-order valence-corrected chi connectivity index (χ2v) is 3.37. The number of rotatable bonds is 0. The fraction of sp³-hybridized carbons (Fsp3) is 0. The zero-order chi connectivity index (χ0) is 9.00. The van der Waals surface area contributed by atoms with Crippen LogP contribution in [0.25, 0.3) is 0 Å². The summed E-state index contributed by atoms with van der Waals surface area (Å²) in [6, 6.07) is 0. The van der Waals surface area contributed by atoms with Crippen LogP contribution in [0.3, 0.4) is 0 Å². The Balaban J connectivity index is -0.000000107. The maximum atomic E-state index is 8.59. The third kappa shape index (κ3) is 1540. The smallest absolute Gasteiger partial charge is 4.00 e. The van der Waals surface area contributed by atoms with E-state index < -0.39 is 27.2 Å². The fourth-order valence-electron chi connectivity index (χ4n) is 0. The van der Waals surface area contributed by atoms with Gasteiger partial charge in [0.05, 0.1) is 0 Å². The number of hydrogen-bond donors (Lipinski definition) is 0. The maximum absolute atomic E-state index is 8.59. The summed E-state index contributed by atoms with van der Waals surface area (Å²) in [5.74, 6) is 0. The SMILES string of the molecule is [O]=[Cr](=[O])([O-])[O-].[O]=[Cr](=[O])([O-])[O-].[Rh+4]. The third-order valence-electron chi connectivity index (χ3n) is 0. The van der Waals surface area contributed by atoms with E-state index in [-0.39, 0.29) is 19.5 Å². The molecular weight excluding hydrogens is 335 g/mol. The summed E-state index contributed by atoms with van der Waals surface area (Å²) in [6.07, 6.45) is 0. The van der Waals surface area contributed by atoms with E-state index in [1.54, 1.807) is 0 Å². The standard InChI is InChI=1S/2Cr.8O.Rh/q;;;;;;4*-1;+4. The van der Waals surface area contributed by atoms with Gasteiger partial charge in [-0.25, -0.2) is 0 Å². The zero-order valence-corrected chi connectivity index (χ0v) is 8.60. The van der Waals surface area contributed by atoms with Crippen LogP contribution in [0.1, 0.15) is 0 Å². The van der Waals surface area contributed by atoms with E-state index in [0.717, 1.165) is 0 Å². The Labute approximate surface area is 78.4 Å². The molecule has 0 heterocycles. The second kappa shape index (κ2) is 6.27. The Morgan fingerprint density at radius 2 is 0.636 bits per heavy atom. The normalized spacial score (nSPS) is 10.5. The molecule has 0 saturated carbocycles. The summed E-state index contributed by atoms with van der Waals surface area (Å²) in [4.78, 5) is 0. The summed E-state index contributed by atoms with van der Waals surface area (Å²) < 4.78 is 68.8. The van der Waals surface area contributed by atoms with Gasteiger partial charge < -0.3 is 0 Å². The first-order chi connectivity index (χ1) is 4.00. The predicted molar refractivity (Wildman–Crippen MR) is 2.75 cm³/mol. The molecule has 0 atom stereocenters. The van der Waals surface area contributed by atoms with Crippen molar-refractivity contribution in [2.75, 3.05) is 0 Å².